The Balaban J connectivity index is 2.45. The summed E-state index contributed by atoms with van der Waals surface area (Å²) in [5.41, 5.74) is 6.57. The first-order chi connectivity index (χ1) is 9.72. The first-order valence-corrected chi connectivity index (χ1v) is 8.45. The minimum absolute atomic E-state index is 0.0383. The SMILES string of the molecule is Cc1nc(Cl)sc1S(=O)(=O)Nc1cccc(C(N)=O)c1C. The first-order valence-electron chi connectivity index (χ1n) is 5.77. The van der Waals surface area contributed by atoms with Crippen molar-refractivity contribution in [2.45, 2.75) is 18.1 Å². The van der Waals surface area contributed by atoms with Crippen molar-refractivity contribution in [2.24, 2.45) is 5.73 Å². The van der Waals surface area contributed by atoms with E-state index < -0.39 is 15.9 Å². The van der Waals surface area contributed by atoms with E-state index in [1.165, 1.54) is 6.07 Å². The summed E-state index contributed by atoms with van der Waals surface area (Å²) in [5.74, 6) is -0.620. The summed E-state index contributed by atoms with van der Waals surface area (Å²) in [6, 6.07) is 4.64. The van der Waals surface area contributed by atoms with E-state index >= 15 is 0 Å². The number of nitrogens with one attached hydrogen (secondary N) is 1. The fourth-order valence-electron chi connectivity index (χ4n) is 1.80. The molecule has 0 spiro atoms. The van der Waals surface area contributed by atoms with Gasteiger partial charge in [-0.25, -0.2) is 13.4 Å². The molecule has 1 aromatic heterocycles. The van der Waals surface area contributed by atoms with Gasteiger partial charge in [-0.1, -0.05) is 29.0 Å². The van der Waals surface area contributed by atoms with E-state index in [9.17, 15) is 13.2 Å². The number of amides is 1. The van der Waals surface area contributed by atoms with Crippen LogP contribution in [0.1, 0.15) is 21.6 Å². The van der Waals surface area contributed by atoms with Gasteiger partial charge >= 0.3 is 0 Å². The number of hydrogen-bond acceptors (Lipinski definition) is 5. The van der Waals surface area contributed by atoms with Gasteiger partial charge in [0.2, 0.25) is 5.91 Å². The second-order valence-corrected chi connectivity index (χ2v) is 7.75. The van der Waals surface area contributed by atoms with Crippen molar-refractivity contribution in [1.29, 1.82) is 0 Å². The molecule has 0 bridgehead atoms. The molecule has 2 rings (SSSR count). The molecule has 1 amide bonds. The molecule has 112 valence electrons. The number of carbonyl (C=O) groups is 1. The number of nitrogens with two attached hydrogens (primary N) is 1. The molecule has 0 aliphatic heterocycles. The van der Waals surface area contributed by atoms with Gasteiger partial charge in [0.05, 0.1) is 11.4 Å². The van der Waals surface area contributed by atoms with Crippen LogP contribution in [0.4, 0.5) is 5.69 Å². The Morgan fingerprint density at radius 2 is 2.05 bits per heavy atom. The molecule has 0 atom stereocenters. The lowest BCUT2D eigenvalue weighted by Crippen LogP contribution is -2.17. The summed E-state index contributed by atoms with van der Waals surface area (Å²) >= 11 is 6.60. The number of sulfonamides is 1. The number of benzene rings is 1. The maximum Gasteiger partial charge on any atom is 0.273 e. The van der Waals surface area contributed by atoms with Crippen LogP contribution >= 0.6 is 22.9 Å². The lowest BCUT2D eigenvalue weighted by Gasteiger charge is -2.11. The molecule has 0 unspecified atom stereocenters. The van der Waals surface area contributed by atoms with Gasteiger partial charge in [-0.3, -0.25) is 9.52 Å². The normalized spacial score (nSPS) is 11.4. The van der Waals surface area contributed by atoms with Gasteiger partial charge in [0.25, 0.3) is 10.0 Å². The zero-order valence-corrected chi connectivity index (χ0v) is 13.6. The smallest absolute Gasteiger partial charge is 0.273 e. The molecular formula is C12H12ClN3O3S2. The molecule has 1 heterocycles. The summed E-state index contributed by atoms with van der Waals surface area (Å²) in [7, 11) is -3.82. The largest absolute Gasteiger partial charge is 0.366 e. The van der Waals surface area contributed by atoms with E-state index in [0.29, 0.717) is 11.3 Å². The first kappa shape index (κ1) is 15.7. The van der Waals surface area contributed by atoms with Crippen LogP contribution < -0.4 is 10.5 Å². The van der Waals surface area contributed by atoms with Crippen LogP contribution in [0, 0.1) is 13.8 Å². The Bertz CT molecular complexity index is 815. The van der Waals surface area contributed by atoms with Gasteiger partial charge in [-0.05, 0) is 31.5 Å². The lowest BCUT2D eigenvalue weighted by molar-refractivity contribution is 0.0999. The van der Waals surface area contributed by atoms with Crippen molar-refractivity contribution in [1.82, 2.24) is 4.98 Å². The predicted octanol–water partition coefficient (Wildman–Crippen LogP) is 2.31. The molecule has 9 heteroatoms. The molecule has 0 aliphatic rings. The molecule has 2 aromatic rings. The number of primary amides is 1. The number of rotatable bonds is 4. The van der Waals surface area contributed by atoms with Crippen LogP contribution in [0.5, 0.6) is 0 Å². The van der Waals surface area contributed by atoms with E-state index in [0.717, 1.165) is 11.3 Å². The Morgan fingerprint density at radius 3 is 2.57 bits per heavy atom. The number of hydrogen-bond donors (Lipinski definition) is 2. The second kappa shape index (κ2) is 5.63. The van der Waals surface area contributed by atoms with Crippen molar-refractivity contribution in [2.75, 3.05) is 4.72 Å². The van der Waals surface area contributed by atoms with Crippen LogP contribution in [0.15, 0.2) is 22.4 Å². The van der Waals surface area contributed by atoms with Crippen LogP contribution in [0.25, 0.3) is 0 Å². The molecule has 6 nitrogen and oxygen atoms in total. The fraction of sp³-hybridized carbons (Fsp3) is 0.167. The minimum atomic E-state index is -3.82. The van der Waals surface area contributed by atoms with E-state index in [1.54, 1.807) is 26.0 Å². The number of carbonyl (C=O) groups excluding carboxylic acids is 1. The molecule has 0 saturated carbocycles. The fourth-order valence-corrected chi connectivity index (χ4v) is 4.67. The maximum absolute atomic E-state index is 12.4. The zero-order valence-electron chi connectivity index (χ0n) is 11.2. The molecule has 0 radical (unpaired) electrons. The highest BCUT2D eigenvalue weighted by Gasteiger charge is 2.22. The molecule has 1 aromatic carbocycles. The zero-order chi connectivity index (χ0) is 15.8. The van der Waals surface area contributed by atoms with Crippen LogP contribution in [0.3, 0.4) is 0 Å². The number of thiazole rings is 1. The second-order valence-electron chi connectivity index (χ2n) is 4.29. The van der Waals surface area contributed by atoms with Crippen molar-refractivity contribution < 1.29 is 13.2 Å². The number of anilines is 1. The Labute approximate surface area is 131 Å². The molecule has 0 aliphatic carbocycles. The Hall–Kier alpha value is -1.64. The Morgan fingerprint density at radius 1 is 1.38 bits per heavy atom. The van der Waals surface area contributed by atoms with Gasteiger partial charge in [0.1, 0.15) is 0 Å². The number of aromatic nitrogens is 1. The van der Waals surface area contributed by atoms with Crippen molar-refractivity contribution in [3.05, 3.63) is 39.5 Å². The number of aryl methyl sites for hydroxylation is 1. The van der Waals surface area contributed by atoms with E-state index in [2.05, 4.69) is 9.71 Å². The molecular weight excluding hydrogens is 334 g/mol. The topological polar surface area (TPSA) is 102 Å². The summed E-state index contributed by atoms with van der Waals surface area (Å²) in [4.78, 5) is 15.2. The van der Waals surface area contributed by atoms with Gasteiger partial charge in [0.15, 0.2) is 8.68 Å². The quantitative estimate of drug-likeness (QED) is 0.887. The summed E-state index contributed by atoms with van der Waals surface area (Å²) in [6.45, 7) is 3.17. The summed E-state index contributed by atoms with van der Waals surface area (Å²) in [5, 5.41) is 0. The highest BCUT2D eigenvalue weighted by molar-refractivity contribution is 7.94. The number of halogens is 1. The number of nitrogens with zero attached hydrogens (tertiary/aromatic N) is 1. The summed E-state index contributed by atoms with van der Waals surface area (Å²) < 4.78 is 27.3. The van der Waals surface area contributed by atoms with Gasteiger partial charge < -0.3 is 5.73 Å². The molecule has 0 fully saturated rings. The Kier molecular flexibility index (Phi) is 4.22. The third-order valence-corrected chi connectivity index (χ3v) is 6.05. The lowest BCUT2D eigenvalue weighted by atomic mass is 10.1. The van der Waals surface area contributed by atoms with Crippen molar-refractivity contribution in [3.8, 4) is 0 Å². The monoisotopic (exact) mass is 345 g/mol. The maximum atomic E-state index is 12.4. The van der Waals surface area contributed by atoms with E-state index in [-0.39, 0.29) is 19.9 Å². The average molecular weight is 346 g/mol. The highest BCUT2D eigenvalue weighted by atomic mass is 35.5. The predicted molar refractivity (Wildman–Crippen MR) is 82.4 cm³/mol. The molecule has 21 heavy (non-hydrogen) atoms. The highest BCUT2D eigenvalue weighted by Crippen LogP contribution is 2.29. The third-order valence-electron chi connectivity index (χ3n) is 2.82. The van der Waals surface area contributed by atoms with Gasteiger partial charge in [-0.15, -0.1) is 0 Å². The van der Waals surface area contributed by atoms with Crippen LogP contribution in [-0.4, -0.2) is 19.3 Å². The van der Waals surface area contributed by atoms with E-state index in [4.69, 9.17) is 17.3 Å². The standard InChI is InChI=1S/C12H12ClN3O3S2/c1-6-8(10(14)17)4-3-5-9(6)16-21(18,19)11-7(2)15-12(13)20-11/h3-5,16H,1-2H3,(H2,14,17). The summed E-state index contributed by atoms with van der Waals surface area (Å²) in [6.07, 6.45) is 0. The van der Waals surface area contributed by atoms with Crippen molar-refractivity contribution in [3.63, 3.8) is 0 Å². The van der Waals surface area contributed by atoms with Gasteiger partial charge in [0, 0.05) is 5.56 Å². The minimum Gasteiger partial charge on any atom is -0.366 e. The van der Waals surface area contributed by atoms with Crippen molar-refractivity contribution >= 4 is 44.6 Å². The van der Waals surface area contributed by atoms with E-state index in [1.807, 2.05) is 0 Å². The van der Waals surface area contributed by atoms with Crippen LogP contribution in [-0.2, 0) is 10.0 Å². The molecule has 3 N–H and O–H groups in total. The van der Waals surface area contributed by atoms with Gasteiger partial charge in [-0.2, -0.15) is 0 Å². The third kappa shape index (κ3) is 3.17. The molecule has 0 saturated heterocycles. The van der Waals surface area contributed by atoms with Crippen LogP contribution in [0.2, 0.25) is 4.47 Å². The average Bonchev–Trinajstić information content (AvgIpc) is 2.71.